The van der Waals surface area contributed by atoms with E-state index < -0.39 is 0 Å². The van der Waals surface area contributed by atoms with Gasteiger partial charge in [-0.25, -0.2) is 0 Å². The number of hydrogen-bond donors (Lipinski definition) is 1. The summed E-state index contributed by atoms with van der Waals surface area (Å²) in [5.41, 5.74) is 5.61. The van der Waals surface area contributed by atoms with Gasteiger partial charge in [0.1, 0.15) is 0 Å². The fourth-order valence-corrected chi connectivity index (χ4v) is 2.38. The summed E-state index contributed by atoms with van der Waals surface area (Å²) in [5.74, 6) is 0.194. The molecule has 4 nitrogen and oxygen atoms in total. The van der Waals surface area contributed by atoms with Gasteiger partial charge in [-0.3, -0.25) is 4.79 Å². The Balaban J connectivity index is 2.60. The molecule has 1 unspecified atom stereocenters. The molecule has 2 N–H and O–H groups in total. The van der Waals surface area contributed by atoms with E-state index in [1.807, 2.05) is 21.0 Å². The van der Waals surface area contributed by atoms with E-state index in [0.717, 1.165) is 25.9 Å². The quantitative estimate of drug-likeness (QED) is 0.752. The van der Waals surface area contributed by atoms with Gasteiger partial charge in [0.25, 0.3) is 0 Å². The predicted octanol–water partition coefficient (Wildman–Crippen LogP) is 0.914. The largest absolute Gasteiger partial charge is 0.338 e. The van der Waals surface area contributed by atoms with E-state index in [-0.39, 0.29) is 11.8 Å². The van der Waals surface area contributed by atoms with Crippen LogP contribution >= 0.6 is 0 Å². The van der Waals surface area contributed by atoms with E-state index in [9.17, 15) is 4.79 Å². The lowest BCUT2D eigenvalue weighted by atomic mass is 10.1. The number of hydrogen-bond acceptors (Lipinski definition) is 3. The van der Waals surface area contributed by atoms with E-state index >= 15 is 0 Å². The van der Waals surface area contributed by atoms with Crippen molar-refractivity contribution < 1.29 is 4.79 Å². The number of nitrogens with zero attached hydrogens (tertiary/aromatic N) is 2. The third kappa shape index (κ3) is 4.28. The Hall–Kier alpha value is -0.610. The van der Waals surface area contributed by atoms with Crippen LogP contribution in [-0.2, 0) is 4.79 Å². The fraction of sp³-hybridized carbons (Fsp3) is 0.923. The van der Waals surface area contributed by atoms with Crippen LogP contribution in [-0.4, -0.2) is 55.5 Å². The van der Waals surface area contributed by atoms with Gasteiger partial charge in [-0.1, -0.05) is 19.8 Å². The van der Waals surface area contributed by atoms with E-state index in [0.29, 0.717) is 12.6 Å². The first-order valence-electron chi connectivity index (χ1n) is 6.71. The lowest BCUT2D eigenvalue weighted by Crippen LogP contribution is -2.46. The van der Waals surface area contributed by atoms with Crippen LogP contribution < -0.4 is 5.73 Å². The molecule has 0 spiro atoms. The zero-order chi connectivity index (χ0) is 12.8. The van der Waals surface area contributed by atoms with Crippen LogP contribution in [0.2, 0.25) is 0 Å². The maximum Gasteiger partial charge on any atom is 0.226 e. The summed E-state index contributed by atoms with van der Waals surface area (Å²) in [6.07, 6.45) is 4.84. The normalized spacial score (nSPS) is 18.6. The van der Waals surface area contributed by atoms with Crippen molar-refractivity contribution in [3.05, 3.63) is 0 Å². The monoisotopic (exact) mass is 241 g/mol. The van der Waals surface area contributed by atoms with Crippen LogP contribution in [0.5, 0.6) is 0 Å². The standard InChI is InChI=1S/C13H27N3O/c1-11(10-14)13(17)16(9-8-15(2)3)12-6-4-5-7-12/h11-12H,4-10,14H2,1-3H3. The summed E-state index contributed by atoms with van der Waals surface area (Å²) in [6, 6.07) is 0.455. The summed E-state index contributed by atoms with van der Waals surface area (Å²) in [6.45, 7) is 4.14. The minimum absolute atomic E-state index is 0.0437. The second-order valence-electron chi connectivity index (χ2n) is 5.41. The number of likely N-dealkylation sites (N-methyl/N-ethyl adjacent to an activating group) is 1. The molecule has 4 heteroatoms. The van der Waals surface area contributed by atoms with Crippen molar-refractivity contribution >= 4 is 5.91 Å². The van der Waals surface area contributed by atoms with Gasteiger partial charge in [-0.15, -0.1) is 0 Å². The molecule has 0 aromatic heterocycles. The van der Waals surface area contributed by atoms with Crippen molar-refractivity contribution in [2.45, 2.75) is 38.6 Å². The molecule has 1 amide bonds. The van der Waals surface area contributed by atoms with Gasteiger partial charge in [0.2, 0.25) is 5.91 Å². The Bertz CT molecular complexity index is 237. The smallest absolute Gasteiger partial charge is 0.226 e. The van der Waals surface area contributed by atoms with Gasteiger partial charge in [0, 0.05) is 31.6 Å². The van der Waals surface area contributed by atoms with Crippen LogP contribution in [0, 0.1) is 5.92 Å². The Labute approximate surface area is 105 Å². The summed E-state index contributed by atoms with van der Waals surface area (Å²) in [5, 5.41) is 0. The number of nitrogens with two attached hydrogens (primary N) is 1. The first kappa shape index (κ1) is 14.5. The molecule has 0 aliphatic heterocycles. The van der Waals surface area contributed by atoms with Crippen molar-refractivity contribution in [3.63, 3.8) is 0 Å². The molecule has 1 aliphatic rings. The van der Waals surface area contributed by atoms with E-state index in [4.69, 9.17) is 5.73 Å². The predicted molar refractivity (Wildman–Crippen MR) is 70.7 cm³/mol. The van der Waals surface area contributed by atoms with Crippen LogP contribution in [0.25, 0.3) is 0 Å². The minimum atomic E-state index is -0.0437. The number of carbonyl (C=O) groups is 1. The SMILES string of the molecule is CC(CN)C(=O)N(CCN(C)C)C1CCCC1. The van der Waals surface area contributed by atoms with Crippen molar-refractivity contribution in [2.75, 3.05) is 33.7 Å². The van der Waals surface area contributed by atoms with Gasteiger partial charge in [-0.05, 0) is 26.9 Å². The molecule has 0 aromatic rings. The molecule has 17 heavy (non-hydrogen) atoms. The molecule has 1 aliphatic carbocycles. The van der Waals surface area contributed by atoms with Gasteiger partial charge in [-0.2, -0.15) is 0 Å². The summed E-state index contributed by atoms with van der Waals surface area (Å²) < 4.78 is 0. The minimum Gasteiger partial charge on any atom is -0.338 e. The van der Waals surface area contributed by atoms with E-state index in [1.165, 1.54) is 12.8 Å². The van der Waals surface area contributed by atoms with Crippen LogP contribution in [0.4, 0.5) is 0 Å². The highest BCUT2D eigenvalue weighted by molar-refractivity contribution is 5.79. The van der Waals surface area contributed by atoms with Crippen LogP contribution in [0.1, 0.15) is 32.6 Å². The van der Waals surface area contributed by atoms with Crippen molar-refractivity contribution in [2.24, 2.45) is 11.7 Å². The molecule has 1 saturated carbocycles. The maximum atomic E-state index is 12.3. The summed E-state index contributed by atoms with van der Waals surface area (Å²) in [7, 11) is 4.09. The molecule has 0 aromatic carbocycles. The Morgan fingerprint density at radius 2 is 1.88 bits per heavy atom. The van der Waals surface area contributed by atoms with E-state index in [1.54, 1.807) is 0 Å². The maximum absolute atomic E-state index is 12.3. The lowest BCUT2D eigenvalue weighted by Gasteiger charge is -2.32. The molecule has 1 atom stereocenters. The molecular weight excluding hydrogens is 214 g/mol. The third-order valence-corrected chi connectivity index (χ3v) is 3.61. The highest BCUT2D eigenvalue weighted by Gasteiger charge is 2.28. The molecule has 0 radical (unpaired) electrons. The highest BCUT2D eigenvalue weighted by Crippen LogP contribution is 2.24. The van der Waals surface area contributed by atoms with Crippen molar-refractivity contribution in [3.8, 4) is 0 Å². The molecule has 1 fully saturated rings. The summed E-state index contributed by atoms with van der Waals surface area (Å²) >= 11 is 0. The lowest BCUT2D eigenvalue weighted by molar-refractivity contribution is -0.137. The molecule has 0 bridgehead atoms. The number of carbonyl (C=O) groups excluding carboxylic acids is 1. The second-order valence-corrected chi connectivity index (χ2v) is 5.41. The second kappa shape index (κ2) is 6.97. The molecule has 0 heterocycles. The molecule has 1 rings (SSSR count). The van der Waals surface area contributed by atoms with Crippen LogP contribution in [0.15, 0.2) is 0 Å². The first-order valence-corrected chi connectivity index (χ1v) is 6.71. The van der Waals surface area contributed by atoms with Gasteiger partial charge in [0.15, 0.2) is 0 Å². The van der Waals surface area contributed by atoms with E-state index in [2.05, 4.69) is 9.80 Å². The Morgan fingerprint density at radius 1 is 1.29 bits per heavy atom. The highest BCUT2D eigenvalue weighted by atomic mass is 16.2. The third-order valence-electron chi connectivity index (χ3n) is 3.61. The van der Waals surface area contributed by atoms with Gasteiger partial charge < -0.3 is 15.5 Å². The average Bonchev–Trinajstić information content (AvgIpc) is 2.81. The number of rotatable bonds is 6. The summed E-state index contributed by atoms with van der Waals surface area (Å²) in [4.78, 5) is 16.5. The molecule has 0 saturated heterocycles. The molecular formula is C13H27N3O. The fourth-order valence-electron chi connectivity index (χ4n) is 2.38. The van der Waals surface area contributed by atoms with Gasteiger partial charge in [0.05, 0.1) is 0 Å². The average molecular weight is 241 g/mol. The van der Waals surface area contributed by atoms with Gasteiger partial charge >= 0.3 is 0 Å². The Kier molecular flexibility index (Phi) is 5.92. The topological polar surface area (TPSA) is 49.6 Å². The van der Waals surface area contributed by atoms with Crippen LogP contribution in [0.3, 0.4) is 0 Å². The first-order chi connectivity index (χ1) is 8.06. The van der Waals surface area contributed by atoms with Crippen molar-refractivity contribution in [1.29, 1.82) is 0 Å². The number of amides is 1. The Morgan fingerprint density at radius 3 is 2.35 bits per heavy atom. The van der Waals surface area contributed by atoms with Crippen molar-refractivity contribution in [1.82, 2.24) is 9.80 Å². The molecule has 100 valence electrons. The zero-order valence-corrected chi connectivity index (χ0v) is 11.5. The zero-order valence-electron chi connectivity index (χ0n) is 11.5.